The van der Waals surface area contributed by atoms with Crippen molar-refractivity contribution >= 4 is 33.2 Å². The van der Waals surface area contributed by atoms with E-state index < -0.39 is 15.9 Å². The van der Waals surface area contributed by atoms with Crippen LogP contribution in [0.1, 0.15) is 21.5 Å². The zero-order chi connectivity index (χ0) is 18.6. The van der Waals surface area contributed by atoms with Gasteiger partial charge in [0.15, 0.2) is 0 Å². The van der Waals surface area contributed by atoms with Crippen LogP contribution in [0.3, 0.4) is 0 Å². The molecule has 7 heteroatoms. The maximum Gasteiger partial charge on any atom is 0.263 e. The molecule has 0 bridgehead atoms. The van der Waals surface area contributed by atoms with Crippen LogP contribution in [0.15, 0.2) is 53.9 Å². The number of sulfonamides is 1. The van der Waals surface area contributed by atoms with Crippen LogP contribution in [0.25, 0.3) is 0 Å². The summed E-state index contributed by atoms with van der Waals surface area (Å²) in [5.41, 5.74) is 2.48. The first-order chi connectivity index (χ1) is 11.7. The van der Waals surface area contributed by atoms with Gasteiger partial charge in [-0.1, -0.05) is 35.4 Å². The summed E-state index contributed by atoms with van der Waals surface area (Å²) >= 11 is 6.05. The Labute approximate surface area is 152 Å². The molecule has 0 aliphatic rings. The summed E-state index contributed by atoms with van der Waals surface area (Å²) in [7, 11) is -3.94. The van der Waals surface area contributed by atoms with Crippen LogP contribution < -0.4 is 10.0 Å². The third-order valence-electron chi connectivity index (χ3n) is 3.52. The fraction of sp³-hybridized carbons (Fsp3) is 0.167. The van der Waals surface area contributed by atoms with E-state index in [0.29, 0.717) is 5.69 Å². The summed E-state index contributed by atoms with van der Waals surface area (Å²) in [6, 6.07) is 9.49. The second-order valence-electron chi connectivity index (χ2n) is 5.57. The van der Waals surface area contributed by atoms with Crippen LogP contribution in [-0.2, 0) is 10.0 Å². The van der Waals surface area contributed by atoms with Crippen molar-refractivity contribution in [3.05, 3.63) is 70.8 Å². The van der Waals surface area contributed by atoms with E-state index in [9.17, 15) is 13.2 Å². The summed E-state index contributed by atoms with van der Waals surface area (Å²) < 4.78 is 27.9. The standard InChI is InChI=1S/C18H19ClN2O3S/c1-4-9-20-18(22)14-6-7-15(19)17(11-14)25(23,24)21-16-8-5-12(2)10-13(16)3/h4-8,10-11,21H,1,9H2,2-3H3,(H,20,22). The molecule has 0 aliphatic carbocycles. The van der Waals surface area contributed by atoms with Crippen molar-refractivity contribution in [2.24, 2.45) is 0 Å². The van der Waals surface area contributed by atoms with Gasteiger partial charge in [-0.05, 0) is 43.7 Å². The van der Waals surface area contributed by atoms with Crippen molar-refractivity contribution in [2.45, 2.75) is 18.7 Å². The van der Waals surface area contributed by atoms with Crippen LogP contribution >= 0.6 is 11.6 Å². The molecule has 2 rings (SSSR count). The monoisotopic (exact) mass is 378 g/mol. The van der Waals surface area contributed by atoms with Crippen molar-refractivity contribution in [3.8, 4) is 0 Å². The highest BCUT2D eigenvalue weighted by Crippen LogP contribution is 2.26. The van der Waals surface area contributed by atoms with Gasteiger partial charge in [0.2, 0.25) is 0 Å². The molecule has 0 aromatic heterocycles. The highest BCUT2D eigenvalue weighted by atomic mass is 35.5. The molecular weight excluding hydrogens is 360 g/mol. The number of hydrogen-bond acceptors (Lipinski definition) is 3. The number of amides is 1. The highest BCUT2D eigenvalue weighted by molar-refractivity contribution is 7.92. The molecular formula is C18H19ClN2O3S. The van der Waals surface area contributed by atoms with Gasteiger partial charge in [-0.2, -0.15) is 0 Å². The summed E-state index contributed by atoms with van der Waals surface area (Å²) in [5, 5.41) is 2.64. The summed E-state index contributed by atoms with van der Waals surface area (Å²) in [5.74, 6) is -0.403. The first-order valence-corrected chi connectivity index (χ1v) is 9.39. The lowest BCUT2D eigenvalue weighted by Gasteiger charge is -2.13. The van der Waals surface area contributed by atoms with Gasteiger partial charge < -0.3 is 5.32 Å². The number of aryl methyl sites for hydroxylation is 2. The van der Waals surface area contributed by atoms with E-state index in [1.807, 2.05) is 26.0 Å². The normalized spacial score (nSPS) is 11.0. The van der Waals surface area contributed by atoms with E-state index in [4.69, 9.17) is 11.6 Å². The average Bonchev–Trinajstić information content (AvgIpc) is 2.55. The minimum atomic E-state index is -3.94. The first kappa shape index (κ1) is 19.0. The Hall–Kier alpha value is -2.31. The van der Waals surface area contributed by atoms with Crippen LogP contribution in [0.4, 0.5) is 5.69 Å². The molecule has 2 N–H and O–H groups in total. The Morgan fingerprint density at radius 3 is 2.56 bits per heavy atom. The van der Waals surface area contributed by atoms with E-state index in [1.165, 1.54) is 24.3 Å². The number of nitrogens with one attached hydrogen (secondary N) is 2. The number of benzene rings is 2. The molecule has 132 valence electrons. The second-order valence-corrected chi connectivity index (χ2v) is 7.63. The van der Waals surface area contributed by atoms with Gasteiger partial charge in [0.25, 0.3) is 15.9 Å². The summed E-state index contributed by atoms with van der Waals surface area (Å²) in [6.07, 6.45) is 1.53. The number of halogens is 1. The number of anilines is 1. The maximum absolute atomic E-state index is 12.7. The van der Waals surface area contributed by atoms with Crippen LogP contribution in [-0.4, -0.2) is 20.9 Å². The molecule has 0 saturated carbocycles. The van der Waals surface area contributed by atoms with Crippen LogP contribution in [0, 0.1) is 13.8 Å². The molecule has 2 aromatic rings. The Morgan fingerprint density at radius 1 is 1.20 bits per heavy atom. The molecule has 0 spiro atoms. The minimum Gasteiger partial charge on any atom is -0.349 e. The smallest absolute Gasteiger partial charge is 0.263 e. The van der Waals surface area contributed by atoms with Crippen molar-refractivity contribution in [3.63, 3.8) is 0 Å². The first-order valence-electron chi connectivity index (χ1n) is 7.53. The maximum atomic E-state index is 12.7. The van der Waals surface area contributed by atoms with Gasteiger partial charge in [-0.3, -0.25) is 9.52 Å². The average molecular weight is 379 g/mol. The molecule has 0 saturated heterocycles. The second kappa shape index (κ2) is 7.72. The fourth-order valence-corrected chi connectivity index (χ4v) is 3.90. The topological polar surface area (TPSA) is 75.3 Å². The molecule has 0 heterocycles. The Kier molecular flexibility index (Phi) is 5.87. The minimum absolute atomic E-state index is 0.0394. The van der Waals surface area contributed by atoms with Gasteiger partial charge in [0.1, 0.15) is 4.90 Å². The lowest BCUT2D eigenvalue weighted by atomic mass is 10.1. The largest absolute Gasteiger partial charge is 0.349 e. The molecule has 0 atom stereocenters. The highest BCUT2D eigenvalue weighted by Gasteiger charge is 2.21. The lowest BCUT2D eigenvalue weighted by molar-refractivity contribution is 0.0958. The molecule has 2 aromatic carbocycles. The molecule has 0 fully saturated rings. The van der Waals surface area contributed by atoms with Gasteiger partial charge in [0.05, 0.1) is 10.7 Å². The third-order valence-corrected chi connectivity index (χ3v) is 5.36. The van der Waals surface area contributed by atoms with Gasteiger partial charge in [-0.25, -0.2) is 8.42 Å². The van der Waals surface area contributed by atoms with Crippen molar-refractivity contribution in [1.29, 1.82) is 0 Å². The lowest BCUT2D eigenvalue weighted by Crippen LogP contribution is -2.23. The predicted octanol–water partition coefficient (Wildman–Crippen LogP) is 3.67. The molecule has 0 aliphatic heterocycles. The van der Waals surface area contributed by atoms with E-state index in [1.54, 1.807) is 6.07 Å². The quantitative estimate of drug-likeness (QED) is 0.753. The molecule has 0 radical (unpaired) electrons. The number of carbonyl (C=O) groups excluding carboxylic acids is 1. The van der Waals surface area contributed by atoms with E-state index >= 15 is 0 Å². The van der Waals surface area contributed by atoms with Crippen LogP contribution in [0.5, 0.6) is 0 Å². The van der Waals surface area contributed by atoms with Gasteiger partial charge >= 0.3 is 0 Å². The molecule has 1 amide bonds. The zero-order valence-corrected chi connectivity index (χ0v) is 15.5. The molecule has 25 heavy (non-hydrogen) atoms. The SMILES string of the molecule is C=CCNC(=O)c1ccc(Cl)c(S(=O)(=O)Nc2ccc(C)cc2C)c1. The van der Waals surface area contributed by atoms with Gasteiger partial charge in [0, 0.05) is 12.1 Å². The van der Waals surface area contributed by atoms with Crippen molar-refractivity contribution in [2.75, 3.05) is 11.3 Å². The molecule has 0 unspecified atom stereocenters. The molecule has 5 nitrogen and oxygen atoms in total. The Bertz CT molecular complexity index is 924. The fourth-order valence-electron chi connectivity index (χ4n) is 2.25. The Balaban J connectivity index is 2.38. The summed E-state index contributed by atoms with van der Waals surface area (Å²) in [4.78, 5) is 11.9. The zero-order valence-electron chi connectivity index (χ0n) is 14.0. The number of rotatable bonds is 6. The summed E-state index contributed by atoms with van der Waals surface area (Å²) in [6.45, 7) is 7.53. The van der Waals surface area contributed by atoms with Crippen molar-refractivity contribution < 1.29 is 13.2 Å². The van der Waals surface area contributed by atoms with E-state index in [0.717, 1.165) is 11.1 Å². The van der Waals surface area contributed by atoms with Crippen LogP contribution in [0.2, 0.25) is 5.02 Å². The van der Waals surface area contributed by atoms with Crippen molar-refractivity contribution in [1.82, 2.24) is 5.32 Å². The Morgan fingerprint density at radius 2 is 1.92 bits per heavy atom. The van der Waals surface area contributed by atoms with E-state index in [-0.39, 0.29) is 22.0 Å². The number of hydrogen-bond donors (Lipinski definition) is 2. The van der Waals surface area contributed by atoms with Gasteiger partial charge in [-0.15, -0.1) is 6.58 Å². The van der Waals surface area contributed by atoms with E-state index in [2.05, 4.69) is 16.6 Å². The third kappa shape index (κ3) is 4.61. The number of carbonyl (C=O) groups is 1. The predicted molar refractivity (Wildman–Crippen MR) is 101 cm³/mol.